The molecule has 4 rings (SSSR count). The van der Waals surface area contributed by atoms with Crippen molar-refractivity contribution in [3.63, 3.8) is 0 Å². The van der Waals surface area contributed by atoms with Crippen molar-refractivity contribution in [1.29, 1.82) is 0 Å². The quantitative estimate of drug-likeness (QED) is 0.829. The molecular weight excluding hydrogens is 326 g/mol. The number of amides is 1. The summed E-state index contributed by atoms with van der Waals surface area (Å²) >= 11 is 0. The lowest BCUT2D eigenvalue weighted by atomic mass is 10.1. The molecule has 26 heavy (non-hydrogen) atoms. The first kappa shape index (κ1) is 16.9. The summed E-state index contributed by atoms with van der Waals surface area (Å²) in [6.45, 7) is 4.64. The molecule has 3 heterocycles. The van der Waals surface area contributed by atoms with E-state index in [1.807, 2.05) is 30.3 Å². The number of nitrogens with zero attached hydrogens (tertiary/aromatic N) is 5. The minimum atomic E-state index is 0.185. The highest BCUT2D eigenvalue weighted by Crippen LogP contribution is 2.39. The van der Waals surface area contributed by atoms with Crippen LogP contribution in [0.4, 0.5) is 5.95 Å². The number of carbonyl (C=O) groups is 1. The summed E-state index contributed by atoms with van der Waals surface area (Å²) in [7, 11) is 1.88. The molecule has 2 atom stereocenters. The summed E-state index contributed by atoms with van der Waals surface area (Å²) in [5.74, 6) is 1.69. The van der Waals surface area contributed by atoms with E-state index >= 15 is 0 Å². The number of hydrogen-bond acceptors (Lipinski definition) is 5. The Hall–Kier alpha value is -2.50. The van der Waals surface area contributed by atoms with Crippen molar-refractivity contribution >= 4 is 11.9 Å². The Labute approximate surface area is 154 Å². The zero-order valence-electron chi connectivity index (χ0n) is 15.4. The van der Waals surface area contributed by atoms with Crippen LogP contribution in [0.1, 0.15) is 31.9 Å². The third-order valence-electron chi connectivity index (χ3n) is 5.43. The van der Waals surface area contributed by atoms with Crippen molar-refractivity contribution in [2.75, 3.05) is 25.0 Å². The van der Waals surface area contributed by atoms with Crippen LogP contribution in [-0.2, 0) is 11.3 Å². The third-order valence-corrected chi connectivity index (χ3v) is 5.43. The molecule has 6 nitrogen and oxygen atoms in total. The van der Waals surface area contributed by atoms with Gasteiger partial charge in [0.05, 0.1) is 12.2 Å². The average molecular weight is 351 g/mol. The van der Waals surface area contributed by atoms with E-state index in [-0.39, 0.29) is 11.8 Å². The number of pyridine rings is 1. The van der Waals surface area contributed by atoms with Crippen LogP contribution in [-0.4, -0.2) is 45.9 Å². The fourth-order valence-corrected chi connectivity index (χ4v) is 3.62. The molecule has 0 spiro atoms. The Morgan fingerprint density at radius 2 is 1.96 bits per heavy atom. The maximum atomic E-state index is 12.6. The lowest BCUT2D eigenvalue weighted by Crippen LogP contribution is -2.29. The average Bonchev–Trinajstić information content (AvgIpc) is 3.16. The van der Waals surface area contributed by atoms with E-state index in [9.17, 15) is 4.79 Å². The number of anilines is 1. The van der Waals surface area contributed by atoms with E-state index in [0.717, 1.165) is 42.3 Å². The molecule has 2 aliphatic rings. The second kappa shape index (κ2) is 7.02. The van der Waals surface area contributed by atoms with Gasteiger partial charge in [-0.1, -0.05) is 6.92 Å². The van der Waals surface area contributed by atoms with Crippen LogP contribution in [0.15, 0.2) is 30.7 Å². The summed E-state index contributed by atoms with van der Waals surface area (Å²) in [6.07, 6.45) is 8.81. The van der Waals surface area contributed by atoms with E-state index < -0.39 is 0 Å². The zero-order chi connectivity index (χ0) is 18.1. The van der Waals surface area contributed by atoms with Crippen LogP contribution in [0.2, 0.25) is 0 Å². The lowest BCUT2D eigenvalue weighted by molar-refractivity contribution is -0.132. The fourth-order valence-electron chi connectivity index (χ4n) is 3.62. The topological polar surface area (TPSA) is 62.2 Å². The van der Waals surface area contributed by atoms with E-state index in [1.54, 1.807) is 12.4 Å². The Bertz CT molecular complexity index is 788. The van der Waals surface area contributed by atoms with Gasteiger partial charge in [-0.3, -0.25) is 9.78 Å². The molecular formula is C20H25N5O. The molecule has 0 radical (unpaired) electrons. The SMILES string of the molecule is C[C@@H]1C[C@H]1C(=O)N(C)Cc1nc(N2CCCC2)ncc1-c1ccncc1. The van der Waals surface area contributed by atoms with Gasteiger partial charge >= 0.3 is 0 Å². The van der Waals surface area contributed by atoms with Crippen molar-refractivity contribution in [3.8, 4) is 11.1 Å². The highest BCUT2D eigenvalue weighted by Gasteiger charge is 2.40. The Morgan fingerprint density at radius 1 is 1.27 bits per heavy atom. The van der Waals surface area contributed by atoms with E-state index in [0.29, 0.717) is 12.5 Å². The molecule has 0 aromatic carbocycles. The molecule has 0 unspecified atom stereocenters. The number of carbonyl (C=O) groups excluding carboxylic acids is 1. The van der Waals surface area contributed by atoms with E-state index in [2.05, 4.69) is 21.8 Å². The van der Waals surface area contributed by atoms with Gasteiger partial charge in [0.15, 0.2) is 0 Å². The molecule has 1 amide bonds. The number of hydrogen-bond donors (Lipinski definition) is 0. The predicted octanol–water partition coefficient (Wildman–Crippen LogP) is 2.75. The summed E-state index contributed by atoms with van der Waals surface area (Å²) in [4.78, 5) is 30.2. The smallest absolute Gasteiger partial charge is 0.226 e. The van der Waals surface area contributed by atoms with Crippen LogP contribution < -0.4 is 4.90 Å². The molecule has 1 saturated heterocycles. The van der Waals surface area contributed by atoms with Gasteiger partial charge in [-0.05, 0) is 42.9 Å². The van der Waals surface area contributed by atoms with Crippen LogP contribution in [0.3, 0.4) is 0 Å². The maximum Gasteiger partial charge on any atom is 0.226 e. The monoisotopic (exact) mass is 351 g/mol. The minimum absolute atomic E-state index is 0.185. The van der Waals surface area contributed by atoms with Crippen molar-refractivity contribution in [2.24, 2.45) is 11.8 Å². The van der Waals surface area contributed by atoms with Gasteiger partial charge < -0.3 is 9.80 Å². The van der Waals surface area contributed by atoms with E-state index in [4.69, 9.17) is 4.98 Å². The highest BCUT2D eigenvalue weighted by atomic mass is 16.2. The van der Waals surface area contributed by atoms with Crippen molar-refractivity contribution in [1.82, 2.24) is 19.9 Å². The van der Waals surface area contributed by atoms with Gasteiger partial charge in [0.25, 0.3) is 0 Å². The molecule has 2 aromatic heterocycles. The summed E-state index contributed by atoms with van der Waals surface area (Å²) in [5, 5.41) is 0. The number of aromatic nitrogens is 3. The first-order valence-corrected chi connectivity index (χ1v) is 9.39. The Kier molecular flexibility index (Phi) is 4.57. The molecule has 6 heteroatoms. The maximum absolute atomic E-state index is 12.6. The molecule has 1 aliphatic carbocycles. The molecule has 1 saturated carbocycles. The summed E-state index contributed by atoms with van der Waals surface area (Å²) in [5.41, 5.74) is 2.90. The van der Waals surface area contributed by atoms with Crippen molar-refractivity contribution in [3.05, 3.63) is 36.4 Å². The minimum Gasteiger partial charge on any atom is -0.341 e. The molecule has 2 aromatic rings. The van der Waals surface area contributed by atoms with Crippen molar-refractivity contribution in [2.45, 2.75) is 32.7 Å². The third kappa shape index (κ3) is 3.41. The van der Waals surface area contributed by atoms with Crippen molar-refractivity contribution < 1.29 is 4.79 Å². The van der Waals surface area contributed by atoms with Gasteiger partial charge in [-0.2, -0.15) is 0 Å². The largest absolute Gasteiger partial charge is 0.341 e. The molecule has 0 bridgehead atoms. The molecule has 0 N–H and O–H groups in total. The van der Waals surface area contributed by atoms with Crippen LogP contribution in [0.25, 0.3) is 11.1 Å². The van der Waals surface area contributed by atoms with Gasteiger partial charge in [-0.15, -0.1) is 0 Å². The summed E-state index contributed by atoms with van der Waals surface area (Å²) < 4.78 is 0. The first-order chi connectivity index (χ1) is 12.6. The summed E-state index contributed by atoms with van der Waals surface area (Å²) in [6, 6.07) is 3.92. The highest BCUT2D eigenvalue weighted by molar-refractivity contribution is 5.81. The van der Waals surface area contributed by atoms with E-state index in [1.165, 1.54) is 12.8 Å². The van der Waals surface area contributed by atoms with Gasteiger partial charge in [0, 0.05) is 50.2 Å². The van der Waals surface area contributed by atoms with Gasteiger partial charge in [-0.25, -0.2) is 9.97 Å². The molecule has 136 valence electrons. The Morgan fingerprint density at radius 3 is 2.62 bits per heavy atom. The number of rotatable bonds is 5. The first-order valence-electron chi connectivity index (χ1n) is 9.39. The van der Waals surface area contributed by atoms with Gasteiger partial charge in [0.1, 0.15) is 0 Å². The normalized spacial score (nSPS) is 21.7. The van der Waals surface area contributed by atoms with Gasteiger partial charge in [0.2, 0.25) is 11.9 Å². The molecule has 2 fully saturated rings. The second-order valence-electron chi connectivity index (χ2n) is 7.47. The predicted molar refractivity (Wildman–Crippen MR) is 100 cm³/mol. The van der Waals surface area contributed by atoms with Crippen LogP contribution in [0, 0.1) is 11.8 Å². The molecule has 1 aliphatic heterocycles. The Balaban J connectivity index is 1.64. The second-order valence-corrected chi connectivity index (χ2v) is 7.47. The lowest BCUT2D eigenvalue weighted by Gasteiger charge is -2.21. The fraction of sp³-hybridized carbons (Fsp3) is 0.500. The standard InChI is InChI=1S/C20H25N5O/c1-14-11-16(14)19(26)24(2)13-18-17(15-5-7-21-8-6-15)12-22-20(23-18)25-9-3-4-10-25/h5-8,12,14,16H,3-4,9-11,13H2,1-2H3/t14-,16-/m1/s1. The zero-order valence-corrected chi connectivity index (χ0v) is 15.4. The van der Waals surface area contributed by atoms with Crippen LogP contribution >= 0.6 is 0 Å². The van der Waals surface area contributed by atoms with Crippen LogP contribution in [0.5, 0.6) is 0 Å².